The zero-order valence-corrected chi connectivity index (χ0v) is 18.0. The van der Waals surface area contributed by atoms with E-state index >= 15 is 0 Å². The molecule has 0 radical (unpaired) electrons. The van der Waals surface area contributed by atoms with Crippen LogP contribution in [0.2, 0.25) is 0 Å². The molecule has 0 aromatic heterocycles. The number of hydrogen-bond acceptors (Lipinski definition) is 2. The van der Waals surface area contributed by atoms with Gasteiger partial charge in [0.15, 0.2) is 0 Å². The highest BCUT2D eigenvalue weighted by Crippen LogP contribution is 2.47. The number of benzene rings is 3. The number of nitrogens with one attached hydrogen (secondary N) is 1. The molecule has 4 nitrogen and oxygen atoms in total. The number of amides is 2. The lowest BCUT2D eigenvalue weighted by atomic mass is 9.68. The molecular weight excluding hydrogens is 384 g/mol. The molecule has 4 heteroatoms. The van der Waals surface area contributed by atoms with Gasteiger partial charge in [-0.3, -0.25) is 9.59 Å². The predicted molar refractivity (Wildman–Crippen MR) is 125 cm³/mol. The summed E-state index contributed by atoms with van der Waals surface area (Å²) in [4.78, 5) is 25.5. The van der Waals surface area contributed by atoms with Crippen LogP contribution in [-0.4, -0.2) is 18.9 Å². The van der Waals surface area contributed by atoms with Gasteiger partial charge in [-0.15, -0.1) is 0 Å². The van der Waals surface area contributed by atoms with Gasteiger partial charge in [0.25, 0.3) is 0 Å². The van der Waals surface area contributed by atoms with Crippen LogP contribution in [0.25, 0.3) is 10.8 Å². The van der Waals surface area contributed by atoms with Crippen molar-refractivity contribution in [2.45, 2.75) is 43.4 Å². The standard InChI is InChI=1S/C27H30N2O2/c1-29-25(30)16-23(22-14-13-20-7-5-6-8-21(20)15-22)18-27(26(28)31,17-19-11-12-19)24-9-3-2-4-10-24/h2-10,13-15,19,23H,11-12,16-18H2,1H3,(H2,28,31)(H,29,30). The van der Waals surface area contributed by atoms with Gasteiger partial charge in [0, 0.05) is 13.5 Å². The fraction of sp³-hybridized carbons (Fsp3) is 0.333. The van der Waals surface area contributed by atoms with Crippen LogP contribution in [0.15, 0.2) is 72.8 Å². The van der Waals surface area contributed by atoms with Gasteiger partial charge in [0.1, 0.15) is 0 Å². The van der Waals surface area contributed by atoms with E-state index in [1.54, 1.807) is 7.05 Å². The van der Waals surface area contributed by atoms with Gasteiger partial charge < -0.3 is 11.1 Å². The number of carbonyl (C=O) groups excluding carboxylic acids is 2. The van der Waals surface area contributed by atoms with Crippen molar-refractivity contribution in [3.8, 4) is 0 Å². The van der Waals surface area contributed by atoms with Gasteiger partial charge in [-0.2, -0.15) is 0 Å². The zero-order valence-electron chi connectivity index (χ0n) is 18.0. The van der Waals surface area contributed by atoms with Gasteiger partial charge in [0.05, 0.1) is 5.41 Å². The summed E-state index contributed by atoms with van der Waals surface area (Å²) in [5, 5.41) is 5.05. The molecule has 160 valence electrons. The molecule has 0 spiro atoms. The van der Waals surface area contributed by atoms with E-state index in [0.29, 0.717) is 18.8 Å². The molecule has 3 N–H and O–H groups in total. The highest BCUT2D eigenvalue weighted by Gasteiger charge is 2.45. The van der Waals surface area contributed by atoms with Crippen molar-refractivity contribution in [2.24, 2.45) is 11.7 Å². The van der Waals surface area contributed by atoms with Crippen LogP contribution in [0.1, 0.15) is 49.1 Å². The Morgan fingerprint density at radius 2 is 1.68 bits per heavy atom. The van der Waals surface area contributed by atoms with E-state index in [2.05, 4.69) is 35.6 Å². The number of rotatable bonds is 9. The lowest BCUT2D eigenvalue weighted by Gasteiger charge is -2.35. The molecular formula is C27H30N2O2. The summed E-state index contributed by atoms with van der Waals surface area (Å²) in [6, 6.07) is 24.4. The van der Waals surface area contributed by atoms with E-state index in [-0.39, 0.29) is 17.7 Å². The van der Waals surface area contributed by atoms with Crippen molar-refractivity contribution in [1.29, 1.82) is 0 Å². The maximum atomic E-state index is 13.0. The number of carbonyl (C=O) groups is 2. The van der Waals surface area contributed by atoms with Gasteiger partial charge in [0.2, 0.25) is 11.8 Å². The molecule has 1 aliphatic rings. The molecule has 1 aliphatic carbocycles. The molecule has 2 atom stereocenters. The first-order valence-corrected chi connectivity index (χ1v) is 11.1. The summed E-state index contributed by atoms with van der Waals surface area (Å²) >= 11 is 0. The Kier molecular flexibility index (Phi) is 6.08. The third-order valence-corrected chi connectivity index (χ3v) is 6.68. The average Bonchev–Trinajstić information content (AvgIpc) is 3.62. The fourth-order valence-corrected chi connectivity index (χ4v) is 4.75. The molecule has 1 saturated carbocycles. The van der Waals surface area contributed by atoms with Gasteiger partial charge in [-0.05, 0) is 46.6 Å². The highest BCUT2D eigenvalue weighted by molar-refractivity contribution is 5.87. The molecule has 2 amide bonds. The molecule has 0 bridgehead atoms. The molecule has 3 aromatic rings. The topological polar surface area (TPSA) is 72.2 Å². The van der Waals surface area contributed by atoms with Crippen LogP contribution in [0.5, 0.6) is 0 Å². The Labute approximate surface area is 183 Å². The second kappa shape index (κ2) is 8.93. The van der Waals surface area contributed by atoms with E-state index < -0.39 is 5.41 Å². The van der Waals surface area contributed by atoms with Crippen molar-refractivity contribution in [1.82, 2.24) is 5.32 Å². The predicted octanol–water partition coefficient (Wildman–Crippen LogP) is 4.67. The highest BCUT2D eigenvalue weighted by atomic mass is 16.2. The Balaban J connectivity index is 1.78. The lowest BCUT2D eigenvalue weighted by Crippen LogP contribution is -2.43. The summed E-state index contributed by atoms with van der Waals surface area (Å²) in [5.41, 5.74) is 7.36. The largest absolute Gasteiger partial charge is 0.369 e. The first kappa shape index (κ1) is 21.1. The van der Waals surface area contributed by atoms with Crippen LogP contribution < -0.4 is 11.1 Å². The average molecular weight is 415 g/mol. The van der Waals surface area contributed by atoms with Gasteiger partial charge in [-0.25, -0.2) is 0 Å². The van der Waals surface area contributed by atoms with Crippen LogP contribution in [0.4, 0.5) is 0 Å². The molecule has 4 rings (SSSR count). The molecule has 0 aliphatic heterocycles. The third kappa shape index (κ3) is 4.63. The van der Waals surface area contributed by atoms with Gasteiger partial charge in [-0.1, -0.05) is 85.6 Å². The van der Waals surface area contributed by atoms with E-state index in [0.717, 1.165) is 41.2 Å². The minimum absolute atomic E-state index is 0.0315. The lowest BCUT2D eigenvalue weighted by molar-refractivity contribution is -0.125. The Morgan fingerprint density at radius 1 is 1.00 bits per heavy atom. The van der Waals surface area contributed by atoms with E-state index in [1.165, 1.54) is 0 Å². The molecule has 0 saturated heterocycles. The number of fused-ring (bicyclic) bond motifs is 1. The monoisotopic (exact) mass is 414 g/mol. The molecule has 2 unspecified atom stereocenters. The first-order valence-electron chi connectivity index (χ1n) is 11.1. The van der Waals surface area contributed by atoms with E-state index in [4.69, 9.17) is 5.73 Å². The Bertz CT molecular complexity index is 1070. The number of primary amides is 1. The fourth-order valence-electron chi connectivity index (χ4n) is 4.75. The third-order valence-electron chi connectivity index (χ3n) is 6.68. The van der Waals surface area contributed by atoms with Crippen molar-refractivity contribution in [3.63, 3.8) is 0 Å². The summed E-state index contributed by atoms with van der Waals surface area (Å²) in [6.07, 6.45) is 3.86. The molecule has 3 aromatic carbocycles. The van der Waals surface area contributed by atoms with Crippen molar-refractivity contribution in [2.75, 3.05) is 7.05 Å². The van der Waals surface area contributed by atoms with Crippen LogP contribution in [0.3, 0.4) is 0 Å². The molecule has 1 fully saturated rings. The summed E-state index contributed by atoms with van der Waals surface area (Å²) in [7, 11) is 1.66. The summed E-state index contributed by atoms with van der Waals surface area (Å²) in [6.45, 7) is 0. The minimum atomic E-state index is -0.785. The molecule has 0 heterocycles. The van der Waals surface area contributed by atoms with Crippen LogP contribution in [0, 0.1) is 5.92 Å². The van der Waals surface area contributed by atoms with E-state index in [9.17, 15) is 9.59 Å². The number of hydrogen-bond donors (Lipinski definition) is 2. The molecule has 31 heavy (non-hydrogen) atoms. The Hall–Kier alpha value is -3.14. The quantitative estimate of drug-likeness (QED) is 0.534. The zero-order chi connectivity index (χ0) is 21.8. The van der Waals surface area contributed by atoms with Crippen molar-refractivity contribution >= 4 is 22.6 Å². The summed E-state index contributed by atoms with van der Waals surface area (Å²) < 4.78 is 0. The Morgan fingerprint density at radius 3 is 2.32 bits per heavy atom. The number of nitrogens with two attached hydrogens (primary N) is 1. The summed E-state index contributed by atoms with van der Waals surface area (Å²) in [5.74, 6) is 0.0743. The van der Waals surface area contributed by atoms with Crippen LogP contribution in [-0.2, 0) is 15.0 Å². The SMILES string of the molecule is CNC(=O)CC(CC(CC1CC1)(C(N)=O)c1ccccc1)c1ccc2ccccc2c1. The maximum Gasteiger partial charge on any atom is 0.228 e. The first-order chi connectivity index (χ1) is 15.0. The normalized spacial score (nSPS) is 16.4. The van der Waals surface area contributed by atoms with Crippen molar-refractivity contribution in [3.05, 3.63) is 83.9 Å². The van der Waals surface area contributed by atoms with E-state index in [1.807, 2.05) is 42.5 Å². The minimum Gasteiger partial charge on any atom is -0.369 e. The second-order valence-corrected chi connectivity index (χ2v) is 8.84. The van der Waals surface area contributed by atoms with Crippen LogP contribution >= 0.6 is 0 Å². The van der Waals surface area contributed by atoms with Gasteiger partial charge >= 0.3 is 0 Å². The maximum absolute atomic E-state index is 13.0. The second-order valence-electron chi connectivity index (χ2n) is 8.84. The smallest absolute Gasteiger partial charge is 0.228 e. The van der Waals surface area contributed by atoms with Crippen molar-refractivity contribution < 1.29 is 9.59 Å².